The summed E-state index contributed by atoms with van der Waals surface area (Å²) >= 11 is 6.66. The quantitative estimate of drug-likeness (QED) is 0.424. The molecule has 3 aromatic rings. The van der Waals surface area contributed by atoms with E-state index in [1.807, 2.05) is 42.9 Å². The SMILES string of the molecule is CC(C)(C)c1cc(-c2cncc(-c3ccc(CC(=O)CC4CCC(O)CC4)cc3Cl)c2)ccn1. The number of benzene rings is 1. The smallest absolute Gasteiger partial charge is 0.137 e. The van der Waals surface area contributed by atoms with E-state index in [1.54, 1.807) is 0 Å². The number of pyridine rings is 2. The molecule has 2 aromatic heterocycles. The second kappa shape index (κ2) is 10.4. The van der Waals surface area contributed by atoms with Gasteiger partial charge in [-0.15, -0.1) is 0 Å². The number of carbonyl (C=O) groups excluding carboxylic acids is 1. The predicted octanol–water partition coefficient (Wildman–Crippen LogP) is 6.81. The van der Waals surface area contributed by atoms with Gasteiger partial charge in [0, 0.05) is 64.3 Å². The zero-order valence-corrected chi connectivity index (χ0v) is 21.0. The highest BCUT2D eigenvalue weighted by atomic mass is 35.5. The number of Topliss-reactive ketones (excluding diaryl/α,β-unsaturated/α-hetero) is 1. The van der Waals surface area contributed by atoms with E-state index < -0.39 is 0 Å². The third kappa shape index (κ3) is 6.11. The molecule has 1 aromatic carbocycles. The predicted molar refractivity (Wildman–Crippen MR) is 138 cm³/mol. The molecule has 4 nitrogen and oxygen atoms in total. The first-order valence-electron chi connectivity index (χ1n) is 12.1. The van der Waals surface area contributed by atoms with E-state index in [0.717, 1.165) is 59.2 Å². The summed E-state index contributed by atoms with van der Waals surface area (Å²) in [7, 11) is 0. The second-order valence-corrected chi connectivity index (χ2v) is 11.0. The fourth-order valence-electron chi connectivity index (χ4n) is 4.64. The maximum Gasteiger partial charge on any atom is 0.137 e. The van der Waals surface area contributed by atoms with Gasteiger partial charge in [0.25, 0.3) is 0 Å². The molecule has 1 saturated carbocycles. The largest absolute Gasteiger partial charge is 0.393 e. The van der Waals surface area contributed by atoms with Crippen LogP contribution in [0.4, 0.5) is 0 Å². The van der Waals surface area contributed by atoms with Gasteiger partial charge in [0.2, 0.25) is 0 Å². The van der Waals surface area contributed by atoms with Crippen molar-refractivity contribution >= 4 is 17.4 Å². The number of nitrogens with zero attached hydrogens (tertiary/aromatic N) is 2. The summed E-state index contributed by atoms with van der Waals surface area (Å²) in [6, 6.07) is 12.1. The van der Waals surface area contributed by atoms with Crippen LogP contribution in [0, 0.1) is 5.92 Å². The zero-order valence-electron chi connectivity index (χ0n) is 20.2. The molecule has 1 N–H and O–H groups in total. The summed E-state index contributed by atoms with van der Waals surface area (Å²) < 4.78 is 0. The summed E-state index contributed by atoms with van der Waals surface area (Å²) in [6.07, 6.45) is 9.79. The van der Waals surface area contributed by atoms with Crippen LogP contribution in [0.5, 0.6) is 0 Å². The van der Waals surface area contributed by atoms with Crippen LogP contribution >= 0.6 is 11.6 Å². The van der Waals surface area contributed by atoms with Gasteiger partial charge in [-0.1, -0.05) is 44.5 Å². The fraction of sp³-hybridized carbons (Fsp3) is 0.414. The minimum absolute atomic E-state index is 0.0319. The van der Waals surface area contributed by atoms with E-state index in [2.05, 4.69) is 42.9 Å². The van der Waals surface area contributed by atoms with Crippen LogP contribution in [-0.4, -0.2) is 27.0 Å². The normalized spacial score (nSPS) is 18.6. The Labute approximate surface area is 207 Å². The number of hydrogen-bond acceptors (Lipinski definition) is 4. The molecule has 0 radical (unpaired) electrons. The molecular weight excluding hydrogens is 444 g/mol. The Morgan fingerprint density at radius 3 is 2.44 bits per heavy atom. The molecule has 0 amide bonds. The summed E-state index contributed by atoms with van der Waals surface area (Å²) in [4.78, 5) is 21.6. The topological polar surface area (TPSA) is 63.1 Å². The zero-order chi connectivity index (χ0) is 24.3. The molecule has 0 atom stereocenters. The molecule has 1 aliphatic carbocycles. The van der Waals surface area contributed by atoms with Crippen molar-refractivity contribution in [2.24, 2.45) is 5.92 Å². The molecule has 178 valence electrons. The van der Waals surface area contributed by atoms with Crippen molar-refractivity contribution in [3.63, 3.8) is 0 Å². The first-order chi connectivity index (χ1) is 16.2. The molecule has 0 aliphatic heterocycles. The van der Waals surface area contributed by atoms with Gasteiger partial charge < -0.3 is 5.11 Å². The lowest BCUT2D eigenvalue weighted by Crippen LogP contribution is -2.20. The van der Waals surface area contributed by atoms with E-state index in [0.29, 0.717) is 23.8 Å². The molecule has 1 fully saturated rings. The monoisotopic (exact) mass is 476 g/mol. The van der Waals surface area contributed by atoms with E-state index >= 15 is 0 Å². The molecule has 0 bridgehead atoms. The first kappa shape index (κ1) is 24.6. The second-order valence-electron chi connectivity index (χ2n) is 10.6. The summed E-state index contributed by atoms with van der Waals surface area (Å²) in [6.45, 7) is 6.46. The summed E-state index contributed by atoms with van der Waals surface area (Å²) in [5.74, 6) is 0.632. The number of aromatic nitrogens is 2. The van der Waals surface area contributed by atoms with Gasteiger partial charge in [-0.05, 0) is 67.0 Å². The molecule has 0 spiro atoms. The van der Waals surface area contributed by atoms with Crippen LogP contribution in [0.2, 0.25) is 5.02 Å². The van der Waals surface area contributed by atoms with Crippen molar-refractivity contribution in [1.82, 2.24) is 9.97 Å². The number of halogens is 1. The van der Waals surface area contributed by atoms with Gasteiger partial charge in [0.15, 0.2) is 0 Å². The molecular formula is C29H33ClN2O2. The molecule has 1 aliphatic rings. The van der Waals surface area contributed by atoms with Crippen LogP contribution < -0.4 is 0 Å². The maximum atomic E-state index is 12.6. The van der Waals surface area contributed by atoms with Crippen LogP contribution in [0.1, 0.15) is 64.1 Å². The Balaban J connectivity index is 1.49. The van der Waals surface area contributed by atoms with Crippen molar-refractivity contribution in [3.05, 3.63) is 71.3 Å². The van der Waals surface area contributed by atoms with Crippen LogP contribution in [-0.2, 0) is 16.6 Å². The van der Waals surface area contributed by atoms with Gasteiger partial charge in [0.05, 0.1) is 6.10 Å². The van der Waals surface area contributed by atoms with Crippen molar-refractivity contribution in [3.8, 4) is 22.3 Å². The van der Waals surface area contributed by atoms with Gasteiger partial charge in [0.1, 0.15) is 5.78 Å². The highest BCUT2D eigenvalue weighted by Crippen LogP contribution is 2.33. The number of hydrogen-bond donors (Lipinski definition) is 1. The minimum atomic E-state index is -0.190. The Hall–Kier alpha value is -2.56. The molecule has 4 rings (SSSR count). The fourth-order valence-corrected chi connectivity index (χ4v) is 4.95. The lowest BCUT2D eigenvalue weighted by Gasteiger charge is -2.24. The average molecular weight is 477 g/mol. The van der Waals surface area contributed by atoms with E-state index in [9.17, 15) is 9.90 Å². The van der Waals surface area contributed by atoms with Crippen LogP contribution in [0.25, 0.3) is 22.3 Å². The highest BCUT2D eigenvalue weighted by molar-refractivity contribution is 6.33. The van der Waals surface area contributed by atoms with Gasteiger partial charge >= 0.3 is 0 Å². The van der Waals surface area contributed by atoms with Crippen LogP contribution in [0.15, 0.2) is 55.0 Å². The first-order valence-corrected chi connectivity index (χ1v) is 12.5. The minimum Gasteiger partial charge on any atom is -0.393 e. The van der Waals surface area contributed by atoms with Crippen molar-refractivity contribution < 1.29 is 9.90 Å². The van der Waals surface area contributed by atoms with Crippen molar-refractivity contribution in [1.29, 1.82) is 0 Å². The van der Waals surface area contributed by atoms with E-state index in [-0.39, 0.29) is 17.3 Å². The molecule has 2 heterocycles. The Morgan fingerprint density at radius 2 is 1.74 bits per heavy atom. The summed E-state index contributed by atoms with van der Waals surface area (Å²) in [5.41, 5.74) is 5.86. The third-order valence-electron chi connectivity index (χ3n) is 6.68. The molecule has 0 saturated heterocycles. The average Bonchev–Trinajstić information content (AvgIpc) is 2.80. The number of aliphatic hydroxyl groups excluding tert-OH is 1. The Bertz CT molecular complexity index is 1160. The molecule has 5 heteroatoms. The Kier molecular flexibility index (Phi) is 7.49. The number of aliphatic hydroxyl groups is 1. The number of ketones is 1. The standard InChI is InChI=1S/C29H33ClN2O2/c1-29(2,3)28-16-21(10-11-32-28)22-15-23(18-31-17-22)26-9-6-20(14-27(26)30)13-25(34)12-19-4-7-24(33)8-5-19/h6,9-11,14-19,24,33H,4-5,7-8,12-13H2,1-3H3. The third-order valence-corrected chi connectivity index (χ3v) is 6.99. The molecule has 0 unspecified atom stereocenters. The van der Waals surface area contributed by atoms with E-state index in [4.69, 9.17) is 11.6 Å². The van der Waals surface area contributed by atoms with Crippen molar-refractivity contribution in [2.75, 3.05) is 0 Å². The van der Waals surface area contributed by atoms with Gasteiger partial charge in [-0.3, -0.25) is 14.8 Å². The maximum absolute atomic E-state index is 12.6. The Morgan fingerprint density at radius 1 is 1.00 bits per heavy atom. The molecule has 34 heavy (non-hydrogen) atoms. The lowest BCUT2D eigenvalue weighted by atomic mass is 9.83. The van der Waals surface area contributed by atoms with Gasteiger partial charge in [-0.25, -0.2) is 0 Å². The van der Waals surface area contributed by atoms with Crippen LogP contribution in [0.3, 0.4) is 0 Å². The number of carbonyl (C=O) groups is 1. The van der Waals surface area contributed by atoms with Gasteiger partial charge in [-0.2, -0.15) is 0 Å². The summed E-state index contributed by atoms with van der Waals surface area (Å²) in [5, 5.41) is 10.3. The number of rotatable bonds is 6. The highest BCUT2D eigenvalue weighted by Gasteiger charge is 2.22. The lowest BCUT2D eigenvalue weighted by molar-refractivity contribution is -0.119. The van der Waals surface area contributed by atoms with Crippen molar-refractivity contribution in [2.45, 2.75) is 70.8 Å². The van der Waals surface area contributed by atoms with E-state index in [1.165, 1.54) is 0 Å².